The SMILES string of the molecule is C[C@@H]1C[C@@H]1C(=O)N1CCOC[C@@H]1c1cccn1C. The van der Waals surface area contributed by atoms with E-state index in [-0.39, 0.29) is 12.0 Å². The van der Waals surface area contributed by atoms with Gasteiger partial charge in [0.1, 0.15) is 0 Å². The van der Waals surface area contributed by atoms with Crippen LogP contribution < -0.4 is 0 Å². The molecule has 1 aliphatic carbocycles. The van der Waals surface area contributed by atoms with Crippen LogP contribution in [0.5, 0.6) is 0 Å². The van der Waals surface area contributed by atoms with Crippen LogP contribution in [0, 0.1) is 11.8 Å². The van der Waals surface area contributed by atoms with Crippen LogP contribution in [0.25, 0.3) is 0 Å². The molecule has 2 heterocycles. The number of rotatable bonds is 2. The molecule has 0 spiro atoms. The van der Waals surface area contributed by atoms with E-state index in [0.717, 1.165) is 18.7 Å². The standard InChI is InChI=1S/C14H20N2O2/c1-10-8-11(10)14(17)16-6-7-18-9-13(16)12-4-3-5-15(12)2/h3-5,10-11,13H,6-9H2,1-2H3/t10-,11+,13-/m1/s1. The van der Waals surface area contributed by atoms with Crippen molar-refractivity contribution in [2.45, 2.75) is 19.4 Å². The van der Waals surface area contributed by atoms with Crippen molar-refractivity contribution in [1.29, 1.82) is 0 Å². The van der Waals surface area contributed by atoms with Crippen molar-refractivity contribution < 1.29 is 9.53 Å². The lowest BCUT2D eigenvalue weighted by Gasteiger charge is -2.36. The van der Waals surface area contributed by atoms with Crippen molar-refractivity contribution in [2.24, 2.45) is 18.9 Å². The minimum absolute atomic E-state index is 0.0825. The summed E-state index contributed by atoms with van der Waals surface area (Å²) < 4.78 is 7.64. The molecule has 1 amide bonds. The summed E-state index contributed by atoms with van der Waals surface area (Å²) in [7, 11) is 2.02. The first-order chi connectivity index (χ1) is 8.68. The van der Waals surface area contributed by atoms with Crippen molar-refractivity contribution in [2.75, 3.05) is 19.8 Å². The van der Waals surface area contributed by atoms with E-state index in [0.29, 0.717) is 25.0 Å². The summed E-state index contributed by atoms with van der Waals surface area (Å²) in [6.45, 7) is 4.15. The number of aryl methyl sites for hydroxylation is 1. The summed E-state index contributed by atoms with van der Waals surface area (Å²) in [5, 5.41) is 0. The van der Waals surface area contributed by atoms with Crippen molar-refractivity contribution in [3.8, 4) is 0 Å². The molecule has 3 atom stereocenters. The molecule has 0 unspecified atom stereocenters. The molecule has 3 rings (SSSR count). The second kappa shape index (κ2) is 4.43. The molecule has 18 heavy (non-hydrogen) atoms. The largest absolute Gasteiger partial charge is 0.377 e. The molecule has 1 aromatic heterocycles. The van der Waals surface area contributed by atoms with Crippen molar-refractivity contribution in [3.05, 3.63) is 24.0 Å². The Balaban J connectivity index is 1.82. The van der Waals surface area contributed by atoms with Crippen LogP contribution in [-0.4, -0.2) is 35.1 Å². The van der Waals surface area contributed by atoms with E-state index in [1.165, 1.54) is 0 Å². The van der Waals surface area contributed by atoms with Gasteiger partial charge in [-0.1, -0.05) is 6.92 Å². The van der Waals surface area contributed by atoms with Crippen LogP contribution in [0.2, 0.25) is 0 Å². The summed E-state index contributed by atoms with van der Waals surface area (Å²) in [6, 6.07) is 4.18. The molecule has 0 N–H and O–H groups in total. The Morgan fingerprint density at radius 3 is 2.89 bits per heavy atom. The number of carbonyl (C=O) groups is 1. The van der Waals surface area contributed by atoms with Crippen molar-refractivity contribution >= 4 is 5.91 Å². The molecule has 2 fully saturated rings. The Bertz CT molecular complexity index is 454. The minimum Gasteiger partial charge on any atom is -0.377 e. The lowest BCUT2D eigenvalue weighted by Crippen LogP contribution is -2.44. The van der Waals surface area contributed by atoms with Gasteiger partial charge in [0, 0.05) is 31.4 Å². The van der Waals surface area contributed by atoms with E-state index in [9.17, 15) is 4.79 Å². The average Bonchev–Trinajstić information content (AvgIpc) is 2.95. The Kier molecular flexibility index (Phi) is 2.90. The first kappa shape index (κ1) is 11.8. The maximum atomic E-state index is 12.4. The van der Waals surface area contributed by atoms with Crippen LogP contribution in [0.4, 0.5) is 0 Å². The highest BCUT2D eigenvalue weighted by Gasteiger charge is 2.44. The summed E-state index contributed by atoms with van der Waals surface area (Å²) in [5.74, 6) is 1.14. The average molecular weight is 248 g/mol. The third-order valence-electron chi connectivity index (χ3n) is 4.16. The zero-order valence-corrected chi connectivity index (χ0v) is 11.0. The van der Waals surface area contributed by atoms with Gasteiger partial charge in [0.15, 0.2) is 0 Å². The predicted molar refractivity (Wildman–Crippen MR) is 68.0 cm³/mol. The van der Waals surface area contributed by atoms with Crippen LogP contribution in [0.3, 0.4) is 0 Å². The molecule has 1 saturated carbocycles. The van der Waals surface area contributed by atoms with E-state index >= 15 is 0 Å². The second-order valence-corrected chi connectivity index (χ2v) is 5.49. The van der Waals surface area contributed by atoms with Crippen LogP contribution >= 0.6 is 0 Å². The molecule has 4 nitrogen and oxygen atoms in total. The van der Waals surface area contributed by atoms with E-state index in [1.807, 2.05) is 24.2 Å². The van der Waals surface area contributed by atoms with Gasteiger partial charge in [-0.05, 0) is 24.5 Å². The first-order valence-electron chi connectivity index (χ1n) is 6.68. The first-order valence-corrected chi connectivity index (χ1v) is 6.68. The van der Waals surface area contributed by atoms with E-state index < -0.39 is 0 Å². The lowest BCUT2D eigenvalue weighted by molar-refractivity contribution is -0.142. The van der Waals surface area contributed by atoms with E-state index in [4.69, 9.17) is 4.74 Å². The highest BCUT2D eigenvalue weighted by Crippen LogP contribution is 2.41. The van der Waals surface area contributed by atoms with Gasteiger partial charge in [0.25, 0.3) is 0 Å². The Hall–Kier alpha value is -1.29. The van der Waals surface area contributed by atoms with Gasteiger partial charge >= 0.3 is 0 Å². The minimum atomic E-state index is 0.0825. The summed E-state index contributed by atoms with van der Waals surface area (Å²) in [5.41, 5.74) is 1.16. The topological polar surface area (TPSA) is 34.5 Å². The monoisotopic (exact) mass is 248 g/mol. The maximum absolute atomic E-state index is 12.4. The smallest absolute Gasteiger partial charge is 0.226 e. The number of ether oxygens (including phenoxy) is 1. The number of aromatic nitrogens is 1. The fraction of sp³-hybridized carbons (Fsp3) is 0.643. The fourth-order valence-electron chi connectivity index (χ4n) is 2.81. The molecule has 1 aliphatic heterocycles. The molecule has 0 aromatic carbocycles. The Labute approximate surface area is 108 Å². The van der Waals surface area contributed by atoms with Gasteiger partial charge in [0.05, 0.1) is 19.3 Å². The van der Waals surface area contributed by atoms with Gasteiger partial charge < -0.3 is 14.2 Å². The summed E-state index contributed by atoms with van der Waals surface area (Å²) in [6.07, 6.45) is 3.07. The highest BCUT2D eigenvalue weighted by atomic mass is 16.5. The van der Waals surface area contributed by atoms with Crippen LogP contribution in [0.1, 0.15) is 25.1 Å². The van der Waals surface area contributed by atoms with Gasteiger partial charge in [0.2, 0.25) is 5.91 Å². The number of morpholine rings is 1. The molecular formula is C14H20N2O2. The van der Waals surface area contributed by atoms with Gasteiger partial charge in [-0.25, -0.2) is 0 Å². The molecule has 98 valence electrons. The lowest BCUT2D eigenvalue weighted by atomic mass is 10.1. The molecule has 0 radical (unpaired) electrons. The molecule has 2 aliphatic rings. The Morgan fingerprint density at radius 1 is 1.50 bits per heavy atom. The molecule has 1 saturated heterocycles. The fourth-order valence-corrected chi connectivity index (χ4v) is 2.81. The maximum Gasteiger partial charge on any atom is 0.226 e. The van der Waals surface area contributed by atoms with E-state index in [2.05, 4.69) is 17.6 Å². The summed E-state index contributed by atoms with van der Waals surface area (Å²) >= 11 is 0. The number of hydrogen-bond donors (Lipinski definition) is 0. The van der Waals surface area contributed by atoms with Gasteiger partial charge in [-0.15, -0.1) is 0 Å². The van der Waals surface area contributed by atoms with Crippen molar-refractivity contribution in [1.82, 2.24) is 9.47 Å². The normalized spacial score (nSPS) is 31.4. The van der Waals surface area contributed by atoms with Crippen molar-refractivity contribution in [3.63, 3.8) is 0 Å². The zero-order chi connectivity index (χ0) is 12.7. The Morgan fingerprint density at radius 2 is 2.28 bits per heavy atom. The quantitative estimate of drug-likeness (QED) is 0.796. The summed E-state index contributed by atoms with van der Waals surface area (Å²) in [4.78, 5) is 14.5. The molecular weight excluding hydrogens is 228 g/mol. The molecule has 0 bridgehead atoms. The van der Waals surface area contributed by atoms with E-state index in [1.54, 1.807) is 0 Å². The molecule has 4 heteroatoms. The number of nitrogens with zero attached hydrogens (tertiary/aromatic N) is 2. The number of hydrogen-bond acceptors (Lipinski definition) is 2. The van der Waals surface area contributed by atoms with Crippen LogP contribution in [0.15, 0.2) is 18.3 Å². The second-order valence-electron chi connectivity index (χ2n) is 5.49. The number of amides is 1. The zero-order valence-electron chi connectivity index (χ0n) is 11.0. The molecule has 1 aromatic rings. The predicted octanol–water partition coefficient (Wildman–Crippen LogP) is 1.58. The van der Waals surface area contributed by atoms with Crippen LogP contribution in [-0.2, 0) is 16.6 Å². The third-order valence-corrected chi connectivity index (χ3v) is 4.16. The van der Waals surface area contributed by atoms with Gasteiger partial charge in [-0.3, -0.25) is 4.79 Å². The van der Waals surface area contributed by atoms with Gasteiger partial charge in [-0.2, -0.15) is 0 Å². The number of carbonyl (C=O) groups excluding carboxylic acids is 1. The highest BCUT2D eigenvalue weighted by molar-refractivity contribution is 5.82. The third kappa shape index (κ3) is 1.94.